The monoisotopic (exact) mass is 372 g/mol. The van der Waals surface area contributed by atoms with Gasteiger partial charge in [-0.2, -0.15) is 0 Å². The highest BCUT2D eigenvalue weighted by Crippen LogP contribution is 2.25. The van der Waals surface area contributed by atoms with Gasteiger partial charge in [0.05, 0.1) is 24.4 Å². The fourth-order valence-corrected chi connectivity index (χ4v) is 5.83. The molecule has 132 valence electrons. The number of ketones is 1. The van der Waals surface area contributed by atoms with E-state index in [1.165, 1.54) is 25.8 Å². The summed E-state index contributed by atoms with van der Waals surface area (Å²) in [6.07, 6.45) is 0.578. The van der Waals surface area contributed by atoms with E-state index >= 15 is 0 Å². The van der Waals surface area contributed by atoms with Crippen molar-refractivity contribution in [2.45, 2.75) is 25.2 Å². The van der Waals surface area contributed by atoms with Gasteiger partial charge in [0.2, 0.25) is 0 Å². The molecule has 1 fully saturated rings. The number of hydrogen-bond donors (Lipinski definition) is 0. The molecule has 0 unspecified atom stereocenters. The number of hydrogen-bond acceptors (Lipinski definition) is 7. The van der Waals surface area contributed by atoms with Gasteiger partial charge in [-0.15, -0.1) is 11.8 Å². The third kappa shape index (κ3) is 5.24. The molecular weight excluding hydrogens is 352 g/mol. The zero-order valence-corrected chi connectivity index (χ0v) is 15.2. The molecular formula is C16H20O6S2. The van der Waals surface area contributed by atoms with Crippen LogP contribution in [0.3, 0.4) is 0 Å². The first-order chi connectivity index (χ1) is 11.3. The van der Waals surface area contributed by atoms with Crippen molar-refractivity contribution in [2.75, 3.05) is 24.4 Å². The maximum Gasteiger partial charge on any atom is 0.316 e. The largest absolute Gasteiger partial charge is 0.496 e. The summed E-state index contributed by atoms with van der Waals surface area (Å²) in [5, 5.41) is -0.0434. The molecule has 0 aromatic heterocycles. The highest BCUT2D eigenvalue weighted by Gasteiger charge is 2.28. The number of carbonyl (C=O) groups is 2. The molecule has 0 N–H and O–H groups in total. The molecule has 24 heavy (non-hydrogen) atoms. The quantitative estimate of drug-likeness (QED) is 0.533. The second-order valence-electron chi connectivity index (χ2n) is 5.58. The number of esters is 1. The van der Waals surface area contributed by atoms with Crippen LogP contribution >= 0.6 is 11.8 Å². The number of methoxy groups -OCH3 is 1. The molecule has 0 radical (unpaired) electrons. The zero-order chi connectivity index (χ0) is 17.7. The summed E-state index contributed by atoms with van der Waals surface area (Å²) in [6.45, 7) is 1.47. The van der Waals surface area contributed by atoms with E-state index in [1.54, 1.807) is 18.2 Å². The standard InChI is InChI=1S/C16H20O6S2/c1-11(17)12-3-4-15(21-2)13(7-12)8-22-16(18)9-23-14-5-6-24(19,20)10-14/h3-4,7,14H,5-6,8-10H2,1-2H3/t14-/m1/s1. The average molecular weight is 372 g/mol. The average Bonchev–Trinajstić information content (AvgIpc) is 2.89. The minimum Gasteiger partial charge on any atom is -0.496 e. The van der Waals surface area contributed by atoms with Crippen molar-refractivity contribution < 1.29 is 27.5 Å². The molecule has 1 atom stereocenters. The van der Waals surface area contributed by atoms with E-state index in [9.17, 15) is 18.0 Å². The first-order valence-electron chi connectivity index (χ1n) is 7.46. The van der Waals surface area contributed by atoms with Crippen molar-refractivity contribution in [2.24, 2.45) is 0 Å². The van der Waals surface area contributed by atoms with Gasteiger partial charge in [0.1, 0.15) is 12.4 Å². The summed E-state index contributed by atoms with van der Waals surface area (Å²) < 4.78 is 33.2. The summed E-state index contributed by atoms with van der Waals surface area (Å²) >= 11 is 1.31. The van der Waals surface area contributed by atoms with Crippen molar-refractivity contribution >= 4 is 33.4 Å². The Labute approximate surface area is 145 Å². The maximum absolute atomic E-state index is 11.9. The Morgan fingerprint density at radius 2 is 2.08 bits per heavy atom. The molecule has 8 heteroatoms. The number of thioether (sulfide) groups is 1. The minimum atomic E-state index is -2.94. The van der Waals surface area contributed by atoms with Crippen LogP contribution in [0.2, 0.25) is 0 Å². The van der Waals surface area contributed by atoms with Crippen molar-refractivity contribution in [3.8, 4) is 5.75 Å². The third-order valence-electron chi connectivity index (χ3n) is 3.70. The van der Waals surface area contributed by atoms with Gasteiger partial charge in [0.25, 0.3) is 0 Å². The highest BCUT2D eigenvalue weighted by molar-refractivity contribution is 8.02. The topological polar surface area (TPSA) is 86.7 Å². The van der Waals surface area contributed by atoms with Crippen LogP contribution in [-0.2, 0) is 26.0 Å². The van der Waals surface area contributed by atoms with Gasteiger partial charge < -0.3 is 9.47 Å². The summed E-state index contributed by atoms with van der Waals surface area (Å²) in [6, 6.07) is 4.96. The molecule has 0 aliphatic carbocycles. The molecule has 0 spiro atoms. The molecule has 0 bridgehead atoms. The third-order valence-corrected chi connectivity index (χ3v) is 6.96. The Bertz CT molecular complexity index is 726. The Balaban J connectivity index is 1.87. The minimum absolute atomic E-state index is 0.00660. The van der Waals surface area contributed by atoms with E-state index in [-0.39, 0.29) is 34.9 Å². The Morgan fingerprint density at radius 1 is 1.33 bits per heavy atom. The van der Waals surface area contributed by atoms with Crippen LogP contribution in [0.1, 0.15) is 29.3 Å². The Kier molecular flexibility index (Phi) is 6.28. The van der Waals surface area contributed by atoms with Crippen molar-refractivity contribution in [1.82, 2.24) is 0 Å². The van der Waals surface area contributed by atoms with Crippen LogP contribution in [0.4, 0.5) is 0 Å². The van der Waals surface area contributed by atoms with Gasteiger partial charge in [-0.3, -0.25) is 9.59 Å². The van der Waals surface area contributed by atoms with Crippen LogP contribution in [0.5, 0.6) is 5.75 Å². The van der Waals surface area contributed by atoms with Crippen LogP contribution in [0, 0.1) is 0 Å². The lowest BCUT2D eigenvalue weighted by molar-refractivity contribution is -0.141. The molecule has 6 nitrogen and oxygen atoms in total. The van der Waals surface area contributed by atoms with E-state index in [0.29, 0.717) is 23.3 Å². The van der Waals surface area contributed by atoms with Gasteiger partial charge in [-0.25, -0.2) is 8.42 Å². The number of Topliss-reactive ketones (excluding diaryl/α,β-unsaturated/α-hetero) is 1. The molecule has 1 aliphatic heterocycles. The second-order valence-corrected chi connectivity index (χ2v) is 9.10. The highest BCUT2D eigenvalue weighted by atomic mass is 32.2. The van der Waals surface area contributed by atoms with Gasteiger partial charge in [-0.1, -0.05) is 0 Å². The predicted molar refractivity (Wildman–Crippen MR) is 92.3 cm³/mol. The molecule has 1 aliphatic rings. The number of benzene rings is 1. The lowest BCUT2D eigenvalue weighted by Gasteiger charge is -2.11. The summed E-state index contributed by atoms with van der Waals surface area (Å²) in [5.74, 6) is 0.466. The molecule has 2 rings (SSSR count). The van der Waals surface area contributed by atoms with Gasteiger partial charge >= 0.3 is 5.97 Å². The van der Waals surface area contributed by atoms with E-state index in [0.717, 1.165) is 0 Å². The van der Waals surface area contributed by atoms with Crippen molar-refractivity contribution in [3.05, 3.63) is 29.3 Å². The van der Waals surface area contributed by atoms with E-state index in [1.807, 2.05) is 0 Å². The van der Waals surface area contributed by atoms with E-state index in [2.05, 4.69) is 0 Å². The predicted octanol–water partition coefficient (Wildman–Crippen LogP) is 1.86. The van der Waals surface area contributed by atoms with Crippen LogP contribution in [0.25, 0.3) is 0 Å². The Morgan fingerprint density at radius 3 is 2.67 bits per heavy atom. The van der Waals surface area contributed by atoms with Gasteiger partial charge in [0, 0.05) is 16.4 Å². The van der Waals surface area contributed by atoms with Crippen LogP contribution < -0.4 is 4.74 Å². The van der Waals surface area contributed by atoms with E-state index in [4.69, 9.17) is 9.47 Å². The molecule has 1 saturated heterocycles. The lowest BCUT2D eigenvalue weighted by atomic mass is 10.1. The molecule has 1 aromatic rings. The summed E-state index contributed by atoms with van der Waals surface area (Å²) in [5.41, 5.74) is 1.14. The molecule has 0 amide bonds. The summed E-state index contributed by atoms with van der Waals surface area (Å²) in [4.78, 5) is 23.3. The fourth-order valence-electron chi connectivity index (χ4n) is 2.39. The van der Waals surface area contributed by atoms with Crippen molar-refractivity contribution in [3.63, 3.8) is 0 Å². The molecule has 1 aromatic carbocycles. The lowest BCUT2D eigenvalue weighted by Crippen LogP contribution is -2.13. The number of carbonyl (C=O) groups excluding carboxylic acids is 2. The fraction of sp³-hybridized carbons (Fsp3) is 0.500. The summed E-state index contributed by atoms with van der Waals surface area (Å²) in [7, 11) is -1.44. The first kappa shape index (κ1) is 18.8. The normalized spacial score (nSPS) is 19.0. The number of ether oxygens (including phenoxy) is 2. The van der Waals surface area contributed by atoms with E-state index < -0.39 is 15.8 Å². The maximum atomic E-state index is 11.9. The van der Waals surface area contributed by atoms with Gasteiger partial charge in [0.15, 0.2) is 15.6 Å². The van der Waals surface area contributed by atoms with Gasteiger partial charge in [-0.05, 0) is 31.5 Å². The number of rotatable bonds is 7. The smallest absolute Gasteiger partial charge is 0.316 e. The van der Waals surface area contributed by atoms with Crippen LogP contribution in [-0.4, -0.2) is 49.8 Å². The van der Waals surface area contributed by atoms with Crippen LogP contribution in [0.15, 0.2) is 18.2 Å². The molecule has 0 saturated carbocycles. The SMILES string of the molecule is COc1ccc(C(C)=O)cc1COC(=O)CS[C@@H]1CCS(=O)(=O)C1. The number of sulfone groups is 1. The first-order valence-corrected chi connectivity index (χ1v) is 10.3. The zero-order valence-electron chi connectivity index (χ0n) is 13.6. The van der Waals surface area contributed by atoms with Crippen molar-refractivity contribution in [1.29, 1.82) is 0 Å². The second kappa shape index (κ2) is 8.02. The Hall–Kier alpha value is -1.54. The molecule has 1 heterocycles.